The Hall–Kier alpha value is -4.44. The first-order valence-corrected chi connectivity index (χ1v) is 11.5. The molecule has 3 aliphatic rings. The maximum absolute atomic E-state index is 13.6. The van der Waals surface area contributed by atoms with Gasteiger partial charge in [-0.15, -0.1) is 0 Å². The second-order valence-corrected chi connectivity index (χ2v) is 9.47. The zero-order valence-electron chi connectivity index (χ0n) is 19.6. The molecule has 1 fully saturated rings. The average Bonchev–Trinajstić information content (AvgIpc) is 2.85. The Morgan fingerprint density at radius 3 is 2.51 bits per heavy atom. The average molecular weight is 505 g/mol. The van der Waals surface area contributed by atoms with Crippen LogP contribution >= 0.6 is 0 Å². The molecule has 190 valence electrons. The molecule has 6 N–H and O–H groups in total. The summed E-state index contributed by atoms with van der Waals surface area (Å²) in [6.07, 6.45) is 0.433. The van der Waals surface area contributed by atoms with Gasteiger partial charge in [0.2, 0.25) is 5.78 Å². The lowest BCUT2D eigenvalue weighted by molar-refractivity contribution is -0.147. The van der Waals surface area contributed by atoms with E-state index in [0.29, 0.717) is 34.3 Å². The summed E-state index contributed by atoms with van der Waals surface area (Å²) in [6, 6.07) is 7.90. The number of nitrogens with two attached hydrogens (primary N) is 1. The minimum Gasteiger partial charge on any atom is -0.508 e. The van der Waals surface area contributed by atoms with Crippen molar-refractivity contribution in [2.45, 2.75) is 24.9 Å². The summed E-state index contributed by atoms with van der Waals surface area (Å²) in [5, 5.41) is 43.8. The van der Waals surface area contributed by atoms with E-state index >= 15 is 0 Å². The molecule has 2 aromatic carbocycles. The molecule has 1 amide bonds. The van der Waals surface area contributed by atoms with E-state index in [4.69, 9.17) is 10.5 Å². The van der Waals surface area contributed by atoms with Crippen molar-refractivity contribution in [3.8, 4) is 22.6 Å². The van der Waals surface area contributed by atoms with Gasteiger partial charge < -0.3 is 30.9 Å². The Morgan fingerprint density at radius 2 is 1.86 bits per heavy atom. The molecule has 0 spiro atoms. The smallest absolute Gasteiger partial charge is 0.255 e. The standard InChI is InChI=1S/C27H23NO9/c1-37-19-5-2-11(6-13(19)10-29)15-3-4-17(30)21-16(15)8-12-7-14-9-18(31)22(26(28)35)25(34)27(14,36)24(33)20(12)23(21)32/h2-6,10,12,14,30,32,34,36H,7-9H2,1H3,(H2,28,35)/t12-,14+,27+/m1/s1. The first-order chi connectivity index (χ1) is 17.5. The van der Waals surface area contributed by atoms with Crippen molar-refractivity contribution in [1.82, 2.24) is 0 Å². The fraction of sp³-hybridized carbons (Fsp3) is 0.259. The SMILES string of the molecule is COc1ccc(-c2ccc(O)c3c2C[C@H]2C[C@H]4CC(=O)C(C(N)=O)=C(O)[C@@]4(O)C(=O)C2=C3O)cc1C=O. The summed E-state index contributed by atoms with van der Waals surface area (Å²) >= 11 is 0. The lowest BCUT2D eigenvalue weighted by atomic mass is 9.59. The number of amides is 1. The first-order valence-electron chi connectivity index (χ1n) is 11.5. The molecule has 37 heavy (non-hydrogen) atoms. The number of rotatable bonds is 4. The maximum Gasteiger partial charge on any atom is 0.255 e. The highest BCUT2D eigenvalue weighted by Crippen LogP contribution is 2.53. The van der Waals surface area contributed by atoms with Gasteiger partial charge in [-0.3, -0.25) is 19.2 Å². The van der Waals surface area contributed by atoms with Crippen LogP contribution in [0.1, 0.15) is 34.3 Å². The monoisotopic (exact) mass is 505 g/mol. The molecular weight excluding hydrogens is 482 g/mol. The highest BCUT2D eigenvalue weighted by Gasteiger charge is 2.60. The number of carbonyl (C=O) groups is 4. The molecule has 10 heteroatoms. The molecule has 0 bridgehead atoms. The van der Waals surface area contributed by atoms with Gasteiger partial charge in [0.15, 0.2) is 17.7 Å². The van der Waals surface area contributed by atoms with Gasteiger partial charge >= 0.3 is 0 Å². The van der Waals surface area contributed by atoms with Gasteiger partial charge in [0, 0.05) is 17.9 Å². The quantitative estimate of drug-likeness (QED) is 0.306. The number of fused-ring (bicyclic) bond motifs is 3. The number of ether oxygens (including phenoxy) is 1. The fourth-order valence-electron chi connectivity index (χ4n) is 5.89. The second-order valence-electron chi connectivity index (χ2n) is 9.47. The maximum atomic E-state index is 13.6. The molecule has 3 atom stereocenters. The van der Waals surface area contributed by atoms with Crippen molar-refractivity contribution >= 4 is 29.5 Å². The molecule has 0 aromatic heterocycles. The van der Waals surface area contributed by atoms with Gasteiger partial charge in [0.1, 0.15) is 28.6 Å². The van der Waals surface area contributed by atoms with Crippen LogP contribution in [0.15, 0.2) is 47.2 Å². The minimum atomic E-state index is -2.61. The van der Waals surface area contributed by atoms with Gasteiger partial charge in [0.25, 0.3) is 5.91 Å². The largest absolute Gasteiger partial charge is 0.508 e. The van der Waals surface area contributed by atoms with Crippen molar-refractivity contribution in [3.05, 3.63) is 63.9 Å². The summed E-state index contributed by atoms with van der Waals surface area (Å²) in [5.41, 5.74) is 3.52. The third-order valence-corrected chi connectivity index (χ3v) is 7.61. The van der Waals surface area contributed by atoms with Crippen LogP contribution in [-0.2, 0) is 20.8 Å². The second kappa shape index (κ2) is 8.31. The summed E-state index contributed by atoms with van der Waals surface area (Å²) in [5.74, 6) is -6.45. The van der Waals surface area contributed by atoms with Gasteiger partial charge in [-0.1, -0.05) is 12.1 Å². The normalized spacial score (nSPS) is 24.8. The van der Waals surface area contributed by atoms with Gasteiger partial charge in [0.05, 0.1) is 18.2 Å². The van der Waals surface area contributed by atoms with E-state index in [1.807, 2.05) is 0 Å². The molecule has 0 unspecified atom stereocenters. The predicted octanol–water partition coefficient (Wildman–Crippen LogP) is 1.91. The molecule has 10 nitrogen and oxygen atoms in total. The van der Waals surface area contributed by atoms with E-state index in [0.717, 1.165) is 0 Å². The Labute approximate surface area is 210 Å². The van der Waals surface area contributed by atoms with E-state index in [1.54, 1.807) is 24.3 Å². The Balaban J connectivity index is 1.70. The number of ketones is 2. The number of benzene rings is 2. The Bertz CT molecular complexity index is 1480. The molecule has 0 saturated heterocycles. The van der Waals surface area contributed by atoms with Crippen LogP contribution in [-0.4, -0.2) is 56.9 Å². The zero-order chi connectivity index (χ0) is 26.8. The summed E-state index contributed by atoms with van der Waals surface area (Å²) in [6.45, 7) is 0. The number of aliphatic hydroxyl groups excluding tert-OH is 2. The Morgan fingerprint density at radius 1 is 1.14 bits per heavy atom. The van der Waals surface area contributed by atoms with Crippen molar-refractivity contribution in [2.24, 2.45) is 17.6 Å². The molecule has 0 radical (unpaired) electrons. The Kier molecular flexibility index (Phi) is 5.45. The number of aliphatic hydroxyl groups is 3. The minimum absolute atomic E-state index is 0.0203. The number of phenolic OH excluding ortho intramolecular Hbond substituents is 1. The fourth-order valence-corrected chi connectivity index (χ4v) is 5.89. The van der Waals surface area contributed by atoms with E-state index in [9.17, 15) is 39.6 Å². The number of primary amides is 1. The summed E-state index contributed by atoms with van der Waals surface area (Å²) in [7, 11) is 1.44. The van der Waals surface area contributed by atoms with E-state index in [-0.39, 0.29) is 29.7 Å². The molecule has 5 rings (SSSR count). The number of aromatic hydroxyl groups is 1. The summed E-state index contributed by atoms with van der Waals surface area (Å²) in [4.78, 5) is 49.4. The molecule has 3 aliphatic carbocycles. The van der Waals surface area contributed by atoms with E-state index < -0.39 is 58.4 Å². The molecular formula is C27H23NO9. The van der Waals surface area contributed by atoms with E-state index in [1.165, 1.54) is 13.2 Å². The predicted molar refractivity (Wildman–Crippen MR) is 129 cm³/mol. The van der Waals surface area contributed by atoms with Crippen molar-refractivity contribution in [2.75, 3.05) is 7.11 Å². The van der Waals surface area contributed by atoms with Crippen LogP contribution < -0.4 is 10.5 Å². The zero-order valence-corrected chi connectivity index (χ0v) is 19.6. The molecule has 1 saturated carbocycles. The topological polar surface area (TPSA) is 184 Å². The van der Waals surface area contributed by atoms with Crippen LogP contribution in [0.4, 0.5) is 0 Å². The lowest BCUT2D eigenvalue weighted by Crippen LogP contribution is -2.58. The van der Waals surface area contributed by atoms with Crippen molar-refractivity contribution in [3.63, 3.8) is 0 Å². The molecule has 0 heterocycles. The highest BCUT2D eigenvalue weighted by molar-refractivity contribution is 6.22. The van der Waals surface area contributed by atoms with Crippen LogP contribution in [0.3, 0.4) is 0 Å². The third-order valence-electron chi connectivity index (χ3n) is 7.61. The highest BCUT2D eigenvalue weighted by atomic mass is 16.5. The number of Topliss-reactive ketones (excluding diaryl/α,β-unsaturated/α-hetero) is 2. The number of aldehydes is 1. The number of hydrogen-bond acceptors (Lipinski definition) is 9. The number of phenols is 1. The summed E-state index contributed by atoms with van der Waals surface area (Å²) < 4.78 is 5.20. The van der Waals surface area contributed by atoms with Crippen molar-refractivity contribution < 1.29 is 44.3 Å². The van der Waals surface area contributed by atoms with Crippen LogP contribution in [0, 0.1) is 11.8 Å². The number of carbonyl (C=O) groups excluding carboxylic acids is 4. The van der Waals surface area contributed by atoms with Crippen LogP contribution in [0.2, 0.25) is 0 Å². The number of hydrogen-bond donors (Lipinski definition) is 5. The molecule has 0 aliphatic heterocycles. The van der Waals surface area contributed by atoms with Crippen LogP contribution in [0.5, 0.6) is 11.5 Å². The van der Waals surface area contributed by atoms with Crippen molar-refractivity contribution in [1.29, 1.82) is 0 Å². The van der Waals surface area contributed by atoms with Gasteiger partial charge in [-0.05, 0) is 53.6 Å². The number of methoxy groups -OCH3 is 1. The third kappa shape index (κ3) is 3.29. The van der Waals surface area contributed by atoms with E-state index in [2.05, 4.69) is 0 Å². The van der Waals surface area contributed by atoms with Crippen LogP contribution in [0.25, 0.3) is 16.9 Å². The lowest BCUT2D eigenvalue weighted by Gasteiger charge is -2.46. The first kappa shape index (κ1) is 24.3. The van der Waals surface area contributed by atoms with Gasteiger partial charge in [-0.25, -0.2) is 0 Å². The van der Waals surface area contributed by atoms with Gasteiger partial charge in [-0.2, -0.15) is 0 Å². The molecule has 2 aromatic rings.